The Kier molecular flexibility index (Phi) is 2.26. The number of carboxylic acid groups (broad SMARTS) is 1. The second-order valence-electron chi connectivity index (χ2n) is 6.45. The number of fused-ring (bicyclic) bond motifs is 5. The van der Waals surface area contributed by atoms with E-state index in [0.717, 1.165) is 18.9 Å². The van der Waals surface area contributed by atoms with Gasteiger partial charge in [0.25, 0.3) is 0 Å². The summed E-state index contributed by atoms with van der Waals surface area (Å²) in [4.78, 5) is 21.3. The second kappa shape index (κ2) is 3.81. The van der Waals surface area contributed by atoms with Crippen LogP contribution >= 0.6 is 0 Å². The molecule has 0 amide bonds. The van der Waals surface area contributed by atoms with E-state index in [1.165, 1.54) is 12.6 Å². The Morgan fingerprint density at radius 1 is 1.40 bits per heavy atom. The standard InChI is InChI=1S/C15H17N3O2/c1-15-8-18(7-11(15)9-2-3-10(15)4-9)13-6-16-12(5-17-13)14(19)20/h2-3,5-6,9-11H,4,7-8H2,1H3,(H,19,20)/t9-,10+,11?,15+/m1/s1. The number of anilines is 1. The Labute approximate surface area is 117 Å². The van der Waals surface area contributed by atoms with Crippen molar-refractivity contribution in [2.75, 3.05) is 18.0 Å². The molecule has 1 N–H and O–H groups in total. The van der Waals surface area contributed by atoms with E-state index in [2.05, 4.69) is 33.9 Å². The molecule has 4 rings (SSSR count). The highest BCUT2D eigenvalue weighted by atomic mass is 16.4. The third-order valence-corrected chi connectivity index (χ3v) is 5.46. The van der Waals surface area contributed by atoms with E-state index in [-0.39, 0.29) is 5.69 Å². The number of aromatic nitrogens is 2. The van der Waals surface area contributed by atoms with Gasteiger partial charge in [-0.1, -0.05) is 19.1 Å². The molecule has 20 heavy (non-hydrogen) atoms. The Morgan fingerprint density at radius 3 is 2.90 bits per heavy atom. The van der Waals surface area contributed by atoms with Crippen LogP contribution in [0.15, 0.2) is 24.5 Å². The Bertz CT molecular complexity index is 598. The maximum absolute atomic E-state index is 10.8. The lowest BCUT2D eigenvalue weighted by Gasteiger charge is -2.31. The molecule has 2 aliphatic carbocycles. The van der Waals surface area contributed by atoms with E-state index >= 15 is 0 Å². The minimum Gasteiger partial charge on any atom is -0.476 e. The number of allylic oxidation sites excluding steroid dienone is 2. The van der Waals surface area contributed by atoms with Crippen molar-refractivity contribution in [3.05, 3.63) is 30.2 Å². The fourth-order valence-corrected chi connectivity index (χ4v) is 4.34. The number of carboxylic acids is 1. The van der Waals surface area contributed by atoms with Crippen molar-refractivity contribution in [1.82, 2.24) is 9.97 Å². The summed E-state index contributed by atoms with van der Waals surface area (Å²) in [5, 5.41) is 8.87. The molecule has 104 valence electrons. The van der Waals surface area contributed by atoms with Crippen molar-refractivity contribution in [2.45, 2.75) is 13.3 Å². The molecule has 4 atom stereocenters. The van der Waals surface area contributed by atoms with Crippen molar-refractivity contribution >= 4 is 11.8 Å². The first-order valence-electron chi connectivity index (χ1n) is 7.06. The van der Waals surface area contributed by atoms with Crippen molar-refractivity contribution in [3.63, 3.8) is 0 Å². The van der Waals surface area contributed by atoms with Crippen LogP contribution in [0.5, 0.6) is 0 Å². The molecule has 1 aromatic rings. The number of hydrogen-bond acceptors (Lipinski definition) is 4. The van der Waals surface area contributed by atoms with E-state index in [1.54, 1.807) is 6.20 Å². The smallest absolute Gasteiger partial charge is 0.356 e. The highest BCUT2D eigenvalue weighted by molar-refractivity contribution is 5.84. The number of carbonyl (C=O) groups is 1. The van der Waals surface area contributed by atoms with Crippen molar-refractivity contribution < 1.29 is 9.90 Å². The molecular weight excluding hydrogens is 254 g/mol. The lowest BCUT2D eigenvalue weighted by Crippen LogP contribution is -2.31. The molecule has 2 heterocycles. The molecule has 1 unspecified atom stereocenters. The highest BCUT2D eigenvalue weighted by Gasteiger charge is 2.57. The Hall–Kier alpha value is -1.91. The summed E-state index contributed by atoms with van der Waals surface area (Å²) in [6.07, 6.45) is 8.99. The van der Waals surface area contributed by atoms with Crippen molar-refractivity contribution in [2.24, 2.45) is 23.2 Å². The van der Waals surface area contributed by atoms with Crippen LogP contribution in [0, 0.1) is 23.2 Å². The molecule has 1 saturated carbocycles. The van der Waals surface area contributed by atoms with Crippen LogP contribution in [-0.2, 0) is 0 Å². The molecule has 5 heteroatoms. The summed E-state index contributed by atoms with van der Waals surface area (Å²) in [6, 6.07) is 0. The van der Waals surface area contributed by atoms with Crippen LogP contribution in [0.3, 0.4) is 0 Å². The van der Waals surface area contributed by atoms with E-state index in [0.29, 0.717) is 23.2 Å². The van der Waals surface area contributed by atoms with Gasteiger partial charge in [0, 0.05) is 13.1 Å². The SMILES string of the molecule is C[C@@]12CN(c3cnc(C(=O)O)cn3)CC1[C@@H]1C=C[C@H]2C1. The van der Waals surface area contributed by atoms with Gasteiger partial charge in [-0.25, -0.2) is 14.8 Å². The van der Waals surface area contributed by atoms with Crippen LogP contribution in [-0.4, -0.2) is 34.1 Å². The first kappa shape index (κ1) is 11.9. The predicted octanol–water partition coefficient (Wildman–Crippen LogP) is 1.82. The Balaban J connectivity index is 1.59. The normalized spacial score (nSPS) is 37.5. The number of aromatic carboxylic acids is 1. The van der Waals surface area contributed by atoms with Gasteiger partial charge in [-0.05, 0) is 29.6 Å². The van der Waals surface area contributed by atoms with Gasteiger partial charge in [0.15, 0.2) is 5.69 Å². The first-order valence-corrected chi connectivity index (χ1v) is 7.06. The van der Waals surface area contributed by atoms with E-state index in [1.807, 2.05) is 0 Å². The largest absolute Gasteiger partial charge is 0.476 e. The third-order valence-electron chi connectivity index (χ3n) is 5.46. The van der Waals surface area contributed by atoms with E-state index in [9.17, 15) is 4.79 Å². The zero-order valence-corrected chi connectivity index (χ0v) is 11.4. The average molecular weight is 271 g/mol. The lowest BCUT2D eigenvalue weighted by molar-refractivity contribution is 0.0690. The zero-order valence-electron chi connectivity index (χ0n) is 11.4. The molecule has 1 aliphatic heterocycles. The summed E-state index contributed by atoms with van der Waals surface area (Å²) in [6.45, 7) is 4.37. The van der Waals surface area contributed by atoms with Gasteiger partial charge in [-0.3, -0.25) is 0 Å². The molecule has 0 spiro atoms. The predicted molar refractivity (Wildman–Crippen MR) is 73.5 cm³/mol. The van der Waals surface area contributed by atoms with E-state index in [4.69, 9.17) is 5.11 Å². The van der Waals surface area contributed by atoms with Crippen LogP contribution in [0.4, 0.5) is 5.82 Å². The fraction of sp³-hybridized carbons (Fsp3) is 0.533. The van der Waals surface area contributed by atoms with Crippen LogP contribution in [0.1, 0.15) is 23.8 Å². The molecule has 2 bridgehead atoms. The molecule has 5 nitrogen and oxygen atoms in total. The maximum atomic E-state index is 10.8. The summed E-state index contributed by atoms with van der Waals surface area (Å²) >= 11 is 0. The summed E-state index contributed by atoms with van der Waals surface area (Å²) in [5.74, 6) is 1.86. The number of nitrogens with zero attached hydrogens (tertiary/aromatic N) is 3. The van der Waals surface area contributed by atoms with E-state index < -0.39 is 5.97 Å². The van der Waals surface area contributed by atoms with Crippen molar-refractivity contribution in [3.8, 4) is 0 Å². The minimum atomic E-state index is -1.03. The molecule has 1 aromatic heterocycles. The topological polar surface area (TPSA) is 66.3 Å². The third kappa shape index (κ3) is 1.46. The zero-order chi connectivity index (χ0) is 13.9. The molecule has 0 aromatic carbocycles. The molecule has 2 fully saturated rings. The molecule has 1 saturated heterocycles. The summed E-state index contributed by atoms with van der Waals surface area (Å²) in [5.41, 5.74) is 0.341. The highest BCUT2D eigenvalue weighted by Crippen LogP contribution is 2.59. The molecule has 0 radical (unpaired) electrons. The van der Waals surface area contributed by atoms with Crippen LogP contribution < -0.4 is 4.90 Å². The van der Waals surface area contributed by atoms with Gasteiger partial charge in [0.2, 0.25) is 0 Å². The first-order chi connectivity index (χ1) is 9.58. The fourth-order valence-electron chi connectivity index (χ4n) is 4.34. The monoisotopic (exact) mass is 271 g/mol. The summed E-state index contributed by atoms with van der Waals surface area (Å²) in [7, 11) is 0. The van der Waals surface area contributed by atoms with Gasteiger partial charge in [0.1, 0.15) is 5.82 Å². The Morgan fingerprint density at radius 2 is 2.25 bits per heavy atom. The number of rotatable bonds is 2. The average Bonchev–Trinajstić information content (AvgIpc) is 3.09. The van der Waals surface area contributed by atoms with Crippen molar-refractivity contribution in [1.29, 1.82) is 0 Å². The molecular formula is C15H17N3O2. The quantitative estimate of drug-likeness (QED) is 0.831. The van der Waals surface area contributed by atoms with Gasteiger partial charge in [-0.2, -0.15) is 0 Å². The van der Waals surface area contributed by atoms with Gasteiger partial charge in [0.05, 0.1) is 12.4 Å². The molecule has 3 aliphatic rings. The van der Waals surface area contributed by atoms with Crippen LogP contribution in [0.25, 0.3) is 0 Å². The summed E-state index contributed by atoms with van der Waals surface area (Å²) < 4.78 is 0. The van der Waals surface area contributed by atoms with Gasteiger partial charge < -0.3 is 10.0 Å². The van der Waals surface area contributed by atoms with Crippen LogP contribution in [0.2, 0.25) is 0 Å². The lowest BCUT2D eigenvalue weighted by atomic mass is 9.72. The second-order valence-corrected chi connectivity index (χ2v) is 6.45. The minimum absolute atomic E-state index is 0.00101. The maximum Gasteiger partial charge on any atom is 0.356 e. The van der Waals surface area contributed by atoms with Gasteiger partial charge >= 0.3 is 5.97 Å². The van der Waals surface area contributed by atoms with Gasteiger partial charge in [-0.15, -0.1) is 0 Å². The number of hydrogen-bond donors (Lipinski definition) is 1.